The predicted molar refractivity (Wildman–Crippen MR) is 59.7 cm³/mol. The molecule has 1 aromatic heterocycles. The maximum Gasteiger partial charge on any atom is 0.365 e. The number of hydrogen-bond acceptors (Lipinski definition) is 5. The summed E-state index contributed by atoms with van der Waals surface area (Å²) in [5, 5.41) is 11.7. The van der Waals surface area contributed by atoms with Crippen LogP contribution in [0.1, 0.15) is 12.2 Å². The molecule has 0 radical (unpaired) electrons. The molecule has 0 saturated carbocycles. The van der Waals surface area contributed by atoms with Crippen LogP contribution in [0.4, 0.5) is 17.6 Å². The summed E-state index contributed by atoms with van der Waals surface area (Å²) in [6, 6.07) is 1.69. The highest BCUT2D eigenvalue weighted by Crippen LogP contribution is 2.22. The van der Waals surface area contributed by atoms with E-state index in [4.69, 9.17) is 4.42 Å². The maximum atomic E-state index is 12.7. The molecule has 0 aliphatic rings. The van der Waals surface area contributed by atoms with E-state index in [1.807, 2.05) is 0 Å². The van der Waals surface area contributed by atoms with Gasteiger partial charge >= 0.3 is 18.3 Å². The molecule has 22 heavy (non-hydrogen) atoms. The first-order chi connectivity index (χ1) is 10.2. The van der Waals surface area contributed by atoms with Gasteiger partial charge in [-0.3, -0.25) is 0 Å². The zero-order chi connectivity index (χ0) is 16.8. The number of halogens is 4. The molecule has 0 aliphatic carbocycles. The number of carboxylic acid groups (broad SMARTS) is 1. The Bertz CT molecular complexity index is 492. The molecule has 0 amide bonds. The van der Waals surface area contributed by atoms with Gasteiger partial charge in [0.25, 0.3) is 0 Å². The van der Waals surface area contributed by atoms with Gasteiger partial charge in [0.1, 0.15) is 6.54 Å². The Balaban J connectivity index is 2.58. The Labute approximate surface area is 122 Å². The number of carbonyl (C=O) groups excluding carboxylic acids is 2. The number of ether oxygens (including phenoxy) is 1. The number of hydrogen-bond donors (Lipinski definition) is 1. The fourth-order valence-corrected chi connectivity index (χ4v) is 1.47. The molecule has 0 spiro atoms. The lowest BCUT2D eigenvalue weighted by atomic mass is 10.2. The van der Waals surface area contributed by atoms with Crippen molar-refractivity contribution in [3.05, 3.63) is 24.2 Å². The monoisotopic (exact) mass is 327 g/mol. The summed E-state index contributed by atoms with van der Waals surface area (Å²) < 4.78 is 58.2. The number of carboxylic acids is 1. The largest absolute Gasteiger partial charge is 0.550 e. The zero-order valence-corrected chi connectivity index (χ0v) is 11.1. The second-order valence-corrected chi connectivity index (χ2v) is 4.37. The molecule has 1 rings (SSSR count). The molecule has 1 heterocycles. The molecule has 1 atom stereocenters. The number of esters is 1. The van der Waals surface area contributed by atoms with Crippen molar-refractivity contribution in [3.8, 4) is 0 Å². The fraction of sp³-hybridized carbons (Fsp3) is 0.500. The highest BCUT2D eigenvalue weighted by molar-refractivity contribution is 5.79. The van der Waals surface area contributed by atoms with Crippen molar-refractivity contribution >= 4 is 11.9 Å². The van der Waals surface area contributed by atoms with Crippen LogP contribution in [-0.2, 0) is 20.9 Å². The number of furan rings is 1. The molecule has 0 aliphatic heterocycles. The number of carbonyl (C=O) groups is 2. The summed E-state index contributed by atoms with van der Waals surface area (Å²) >= 11 is 0. The van der Waals surface area contributed by atoms with Gasteiger partial charge in [0.2, 0.25) is 0 Å². The van der Waals surface area contributed by atoms with Gasteiger partial charge in [0.05, 0.1) is 12.7 Å². The van der Waals surface area contributed by atoms with Gasteiger partial charge in [0.15, 0.2) is 18.4 Å². The topological polar surface area (TPSA) is 96.2 Å². The Morgan fingerprint density at radius 1 is 1.41 bits per heavy atom. The Morgan fingerprint density at radius 3 is 2.59 bits per heavy atom. The van der Waals surface area contributed by atoms with E-state index in [9.17, 15) is 32.3 Å². The van der Waals surface area contributed by atoms with Crippen molar-refractivity contribution in [3.63, 3.8) is 0 Å². The van der Waals surface area contributed by atoms with Crippen LogP contribution in [0.5, 0.6) is 0 Å². The smallest absolute Gasteiger partial charge is 0.365 e. The van der Waals surface area contributed by atoms with Crippen molar-refractivity contribution in [1.29, 1.82) is 0 Å². The van der Waals surface area contributed by atoms with Gasteiger partial charge in [-0.1, -0.05) is 0 Å². The van der Waals surface area contributed by atoms with E-state index in [0.29, 0.717) is 5.76 Å². The second-order valence-electron chi connectivity index (χ2n) is 4.37. The fourth-order valence-electron chi connectivity index (χ4n) is 1.47. The Hall–Kier alpha value is -2.10. The molecule has 0 bridgehead atoms. The average molecular weight is 327 g/mol. The minimum Gasteiger partial charge on any atom is -0.550 e. The van der Waals surface area contributed by atoms with Gasteiger partial charge in [-0.05, 0) is 12.1 Å². The summed E-state index contributed by atoms with van der Waals surface area (Å²) in [4.78, 5) is 22.1. The Kier molecular flexibility index (Phi) is 6.35. The first-order valence-electron chi connectivity index (χ1n) is 6.10. The van der Waals surface area contributed by atoms with Crippen LogP contribution < -0.4 is 10.4 Å². The van der Waals surface area contributed by atoms with Gasteiger partial charge in [0, 0.05) is 5.97 Å². The SMILES string of the molecule is O=C([O-])C[C@H]([NH2+]Cc1ccco1)C(=O)OCC(F)(F)C(F)F. The van der Waals surface area contributed by atoms with E-state index in [-0.39, 0.29) is 6.54 Å². The van der Waals surface area contributed by atoms with Crippen molar-refractivity contribution in [1.82, 2.24) is 0 Å². The molecule has 0 fully saturated rings. The maximum absolute atomic E-state index is 12.7. The summed E-state index contributed by atoms with van der Waals surface area (Å²) in [7, 11) is 0. The van der Waals surface area contributed by atoms with Gasteiger partial charge in [-0.25, -0.2) is 13.6 Å². The van der Waals surface area contributed by atoms with E-state index >= 15 is 0 Å². The quantitative estimate of drug-likeness (QED) is 0.478. The molecule has 0 aromatic carbocycles. The van der Waals surface area contributed by atoms with Crippen LogP contribution in [0, 0.1) is 0 Å². The van der Waals surface area contributed by atoms with E-state index in [0.717, 1.165) is 5.32 Å². The van der Waals surface area contributed by atoms with Crippen molar-refractivity contribution < 1.29 is 46.7 Å². The predicted octanol–water partition coefficient (Wildman–Crippen LogP) is -0.705. The van der Waals surface area contributed by atoms with Crippen LogP contribution in [0.3, 0.4) is 0 Å². The molecule has 6 nitrogen and oxygen atoms in total. The minimum absolute atomic E-state index is 0.0330. The first kappa shape index (κ1) is 18.0. The highest BCUT2D eigenvalue weighted by Gasteiger charge is 2.43. The molecular weight excluding hydrogens is 314 g/mol. The molecular formula is C12H13F4NO5. The molecule has 10 heteroatoms. The normalized spacial score (nSPS) is 13.1. The van der Waals surface area contributed by atoms with E-state index in [1.54, 1.807) is 12.1 Å². The summed E-state index contributed by atoms with van der Waals surface area (Å²) in [5.74, 6) is -7.06. The van der Waals surface area contributed by atoms with E-state index in [2.05, 4.69) is 4.74 Å². The van der Waals surface area contributed by atoms with Crippen LogP contribution in [-0.4, -0.2) is 36.9 Å². The third kappa shape index (κ3) is 5.72. The van der Waals surface area contributed by atoms with Crippen molar-refractivity contribution in [2.75, 3.05) is 6.61 Å². The molecule has 124 valence electrons. The molecule has 0 saturated heterocycles. The van der Waals surface area contributed by atoms with Crippen LogP contribution >= 0.6 is 0 Å². The molecule has 1 aromatic rings. The lowest BCUT2D eigenvalue weighted by molar-refractivity contribution is -0.694. The van der Waals surface area contributed by atoms with Crippen LogP contribution in [0.15, 0.2) is 22.8 Å². The Morgan fingerprint density at radius 2 is 2.09 bits per heavy atom. The summed E-state index contributed by atoms with van der Waals surface area (Å²) in [6.45, 7) is -1.80. The standard InChI is InChI=1S/C12H13F4NO5/c13-11(14)12(15,16)6-22-10(20)8(4-9(18)19)17-5-7-2-1-3-21-7/h1-3,8,11,17H,4-6H2,(H,18,19)/t8-/m0/s1. The third-order valence-electron chi connectivity index (χ3n) is 2.60. The second kappa shape index (κ2) is 7.78. The highest BCUT2D eigenvalue weighted by atomic mass is 19.3. The summed E-state index contributed by atoms with van der Waals surface area (Å²) in [6.07, 6.45) is -3.47. The summed E-state index contributed by atoms with van der Waals surface area (Å²) in [5.41, 5.74) is 0. The van der Waals surface area contributed by atoms with E-state index < -0.39 is 43.4 Å². The number of quaternary nitrogens is 1. The first-order valence-corrected chi connectivity index (χ1v) is 6.10. The van der Waals surface area contributed by atoms with Gasteiger partial charge in [-0.15, -0.1) is 0 Å². The van der Waals surface area contributed by atoms with E-state index in [1.165, 1.54) is 6.26 Å². The molecule has 0 unspecified atom stereocenters. The van der Waals surface area contributed by atoms with Gasteiger partial charge in [-0.2, -0.15) is 8.78 Å². The van der Waals surface area contributed by atoms with Crippen molar-refractivity contribution in [2.45, 2.75) is 31.4 Å². The third-order valence-corrected chi connectivity index (χ3v) is 2.60. The average Bonchev–Trinajstić information content (AvgIpc) is 2.93. The van der Waals surface area contributed by atoms with Crippen LogP contribution in [0.25, 0.3) is 0 Å². The lowest BCUT2D eigenvalue weighted by Crippen LogP contribution is -2.91. The van der Waals surface area contributed by atoms with Gasteiger partial charge < -0.3 is 24.4 Å². The number of nitrogens with two attached hydrogens (primary N) is 1. The zero-order valence-electron chi connectivity index (χ0n) is 11.1. The number of rotatable bonds is 9. The van der Waals surface area contributed by atoms with Crippen molar-refractivity contribution in [2.24, 2.45) is 0 Å². The number of aliphatic carboxylic acids is 1. The number of alkyl halides is 4. The van der Waals surface area contributed by atoms with Crippen LogP contribution in [0.2, 0.25) is 0 Å². The minimum atomic E-state index is -4.50. The lowest BCUT2D eigenvalue weighted by Gasteiger charge is -2.18. The molecule has 2 N–H and O–H groups in total.